The van der Waals surface area contributed by atoms with Gasteiger partial charge in [0.2, 0.25) is 0 Å². The van der Waals surface area contributed by atoms with Crippen molar-refractivity contribution in [1.29, 1.82) is 5.26 Å². The van der Waals surface area contributed by atoms with Crippen molar-refractivity contribution in [3.63, 3.8) is 0 Å². The Hall–Kier alpha value is -2.74. The number of halogens is 1. The Balaban J connectivity index is 2.28. The highest BCUT2D eigenvalue weighted by Crippen LogP contribution is 2.24. The fourth-order valence-corrected chi connectivity index (χ4v) is 1.34. The van der Waals surface area contributed by atoms with Crippen LogP contribution in [0, 0.1) is 17.1 Å². The lowest BCUT2D eigenvalue weighted by Gasteiger charge is -2.06. The molecule has 0 N–H and O–H groups in total. The number of carbonyl (C=O) groups excluding carboxylic acids is 1. The highest BCUT2D eigenvalue weighted by atomic mass is 19.1. The SMILES string of the molecule is N#Cc1ccc(Oc2cncc(C=O)c2)c(F)c1. The molecule has 88 valence electrons. The molecule has 2 rings (SSSR count). The summed E-state index contributed by atoms with van der Waals surface area (Å²) in [6, 6.07) is 7.13. The molecule has 0 radical (unpaired) electrons. The maximum atomic E-state index is 13.5. The van der Waals surface area contributed by atoms with Crippen LogP contribution in [0.4, 0.5) is 4.39 Å². The van der Waals surface area contributed by atoms with E-state index in [4.69, 9.17) is 10.00 Å². The van der Waals surface area contributed by atoms with Gasteiger partial charge in [-0.3, -0.25) is 9.78 Å². The molecule has 0 aliphatic carbocycles. The van der Waals surface area contributed by atoms with Gasteiger partial charge >= 0.3 is 0 Å². The summed E-state index contributed by atoms with van der Waals surface area (Å²) in [5, 5.41) is 8.60. The normalized spacial score (nSPS) is 9.56. The molecule has 0 saturated heterocycles. The van der Waals surface area contributed by atoms with Crippen molar-refractivity contribution < 1.29 is 13.9 Å². The molecule has 0 bridgehead atoms. The molecule has 0 fully saturated rings. The van der Waals surface area contributed by atoms with Gasteiger partial charge in [0.15, 0.2) is 17.9 Å². The average molecular weight is 242 g/mol. The summed E-state index contributed by atoms with van der Waals surface area (Å²) < 4.78 is 18.8. The first-order valence-electron chi connectivity index (χ1n) is 5.00. The minimum absolute atomic E-state index is 0.0288. The molecule has 1 aromatic heterocycles. The molecule has 2 aromatic rings. The fourth-order valence-electron chi connectivity index (χ4n) is 1.34. The molecule has 1 aromatic carbocycles. The zero-order chi connectivity index (χ0) is 13.0. The van der Waals surface area contributed by atoms with Gasteiger partial charge in [-0.25, -0.2) is 4.39 Å². The molecule has 18 heavy (non-hydrogen) atoms. The second-order valence-electron chi connectivity index (χ2n) is 3.43. The van der Waals surface area contributed by atoms with Gasteiger partial charge in [-0.15, -0.1) is 0 Å². The summed E-state index contributed by atoms with van der Waals surface area (Å²) in [5.41, 5.74) is 0.543. The van der Waals surface area contributed by atoms with Crippen molar-refractivity contribution in [3.8, 4) is 17.6 Å². The summed E-state index contributed by atoms with van der Waals surface area (Å²) >= 11 is 0. The van der Waals surface area contributed by atoms with Gasteiger partial charge in [-0.2, -0.15) is 5.26 Å². The van der Waals surface area contributed by atoms with Crippen molar-refractivity contribution in [3.05, 3.63) is 53.6 Å². The molecule has 5 heteroatoms. The standard InChI is InChI=1S/C13H7FN2O2/c14-12-4-9(5-15)1-2-13(12)18-11-3-10(8-17)6-16-7-11/h1-4,6-8H. The molecule has 1 heterocycles. The van der Waals surface area contributed by atoms with Crippen molar-refractivity contribution in [2.45, 2.75) is 0 Å². The van der Waals surface area contributed by atoms with E-state index in [1.165, 1.54) is 30.6 Å². The highest BCUT2D eigenvalue weighted by Gasteiger charge is 2.06. The molecule has 0 amide bonds. The number of hydrogen-bond donors (Lipinski definition) is 0. The van der Waals surface area contributed by atoms with Crippen LogP contribution in [-0.2, 0) is 0 Å². The Morgan fingerprint density at radius 1 is 1.33 bits per heavy atom. The van der Waals surface area contributed by atoms with E-state index in [1.807, 2.05) is 6.07 Å². The Morgan fingerprint density at radius 2 is 2.17 bits per heavy atom. The number of nitrogens with zero attached hydrogens (tertiary/aromatic N) is 2. The van der Waals surface area contributed by atoms with E-state index in [1.54, 1.807) is 0 Å². The quantitative estimate of drug-likeness (QED) is 0.776. The van der Waals surface area contributed by atoms with Gasteiger partial charge in [0.1, 0.15) is 5.75 Å². The van der Waals surface area contributed by atoms with E-state index < -0.39 is 5.82 Å². The number of pyridine rings is 1. The van der Waals surface area contributed by atoms with E-state index in [-0.39, 0.29) is 17.1 Å². The Kier molecular flexibility index (Phi) is 3.30. The lowest BCUT2D eigenvalue weighted by atomic mass is 10.2. The number of aromatic nitrogens is 1. The highest BCUT2D eigenvalue weighted by molar-refractivity contribution is 5.74. The summed E-state index contributed by atoms with van der Waals surface area (Å²) in [6.07, 6.45) is 3.36. The molecule has 4 nitrogen and oxygen atoms in total. The maximum absolute atomic E-state index is 13.5. The van der Waals surface area contributed by atoms with Crippen LogP contribution >= 0.6 is 0 Å². The van der Waals surface area contributed by atoms with Gasteiger partial charge in [-0.05, 0) is 24.3 Å². The lowest BCUT2D eigenvalue weighted by molar-refractivity contribution is 0.112. The second-order valence-corrected chi connectivity index (χ2v) is 3.43. The number of hydrogen-bond acceptors (Lipinski definition) is 4. The summed E-state index contributed by atoms with van der Waals surface area (Å²) in [7, 11) is 0. The van der Waals surface area contributed by atoms with E-state index >= 15 is 0 Å². The molecule has 0 aliphatic heterocycles. The van der Waals surface area contributed by atoms with Gasteiger partial charge in [0.25, 0.3) is 0 Å². The maximum Gasteiger partial charge on any atom is 0.167 e. The summed E-state index contributed by atoms with van der Waals surface area (Å²) in [6.45, 7) is 0. The third-order valence-corrected chi connectivity index (χ3v) is 2.16. The van der Waals surface area contributed by atoms with Crippen LogP contribution in [0.2, 0.25) is 0 Å². The van der Waals surface area contributed by atoms with Crippen LogP contribution in [0.15, 0.2) is 36.7 Å². The first-order valence-corrected chi connectivity index (χ1v) is 5.00. The minimum atomic E-state index is -0.648. The Morgan fingerprint density at radius 3 is 2.83 bits per heavy atom. The average Bonchev–Trinajstić information content (AvgIpc) is 2.41. The molecule has 0 atom stereocenters. The first kappa shape index (κ1) is 11.7. The molecular formula is C13H7FN2O2. The van der Waals surface area contributed by atoms with Gasteiger partial charge in [-0.1, -0.05) is 0 Å². The lowest BCUT2D eigenvalue weighted by Crippen LogP contribution is -1.91. The predicted octanol–water partition coefficient (Wildman–Crippen LogP) is 2.70. The number of aldehydes is 1. The molecular weight excluding hydrogens is 235 g/mol. The van der Waals surface area contributed by atoms with Gasteiger partial charge in [0, 0.05) is 11.8 Å². The largest absolute Gasteiger partial charge is 0.453 e. The number of nitriles is 1. The van der Waals surface area contributed by atoms with Crippen LogP contribution < -0.4 is 4.74 Å². The number of rotatable bonds is 3. The Labute approximate surface area is 102 Å². The van der Waals surface area contributed by atoms with Gasteiger partial charge in [0.05, 0.1) is 17.8 Å². The van der Waals surface area contributed by atoms with Crippen LogP contribution in [-0.4, -0.2) is 11.3 Å². The predicted molar refractivity (Wildman–Crippen MR) is 60.8 cm³/mol. The van der Waals surface area contributed by atoms with Gasteiger partial charge < -0.3 is 4.74 Å². The third kappa shape index (κ3) is 2.50. The van der Waals surface area contributed by atoms with Crippen LogP contribution in [0.3, 0.4) is 0 Å². The van der Waals surface area contributed by atoms with E-state index in [9.17, 15) is 9.18 Å². The number of benzene rings is 1. The molecule has 0 spiro atoms. The smallest absolute Gasteiger partial charge is 0.167 e. The number of ether oxygens (including phenoxy) is 1. The van der Waals surface area contributed by atoms with E-state index in [2.05, 4.69) is 4.98 Å². The zero-order valence-electron chi connectivity index (χ0n) is 9.13. The summed E-state index contributed by atoms with van der Waals surface area (Å²) in [5.74, 6) is -0.424. The van der Waals surface area contributed by atoms with Crippen molar-refractivity contribution in [1.82, 2.24) is 4.98 Å². The summed E-state index contributed by atoms with van der Waals surface area (Å²) in [4.78, 5) is 14.3. The van der Waals surface area contributed by atoms with E-state index in [0.29, 0.717) is 11.8 Å². The van der Waals surface area contributed by atoms with E-state index in [0.717, 1.165) is 6.07 Å². The third-order valence-electron chi connectivity index (χ3n) is 2.16. The second kappa shape index (κ2) is 5.06. The molecule has 0 aliphatic rings. The fraction of sp³-hybridized carbons (Fsp3) is 0. The van der Waals surface area contributed by atoms with Crippen molar-refractivity contribution >= 4 is 6.29 Å². The topological polar surface area (TPSA) is 63.0 Å². The minimum Gasteiger partial charge on any atom is -0.453 e. The first-order chi connectivity index (χ1) is 8.72. The number of carbonyl (C=O) groups is 1. The monoisotopic (exact) mass is 242 g/mol. The van der Waals surface area contributed by atoms with Crippen LogP contribution in [0.1, 0.15) is 15.9 Å². The Bertz CT molecular complexity index is 635. The molecule has 0 saturated carbocycles. The zero-order valence-corrected chi connectivity index (χ0v) is 9.13. The van der Waals surface area contributed by atoms with Crippen LogP contribution in [0.25, 0.3) is 0 Å². The van der Waals surface area contributed by atoms with Crippen LogP contribution in [0.5, 0.6) is 11.5 Å². The van der Waals surface area contributed by atoms with Crippen molar-refractivity contribution in [2.24, 2.45) is 0 Å². The van der Waals surface area contributed by atoms with Crippen molar-refractivity contribution in [2.75, 3.05) is 0 Å². The molecule has 0 unspecified atom stereocenters.